The van der Waals surface area contributed by atoms with Crippen LogP contribution in [-0.4, -0.2) is 11.7 Å². The molecule has 2 nitrogen and oxygen atoms in total. The molecule has 1 aromatic rings. The van der Waals surface area contributed by atoms with Gasteiger partial charge in [-0.1, -0.05) is 11.8 Å². The molecule has 5 heteroatoms. The second kappa shape index (κ2) is 4.24. The SMILES string of the molecule is Nc1ccc(C#CCO)cc1C(F)(F)F. The van der Waals surface area contributed by atoms with Gasteiger partial charge in [0.25, 0.3) is 0 Å². The van der Waals surface area contributed by atoms with Crippen LogP contribution in [0.1, 0.15) is 11.1 Å². The van der Waals surface area contributed by atoms with Crippen LogP contribution in [0.4, 0.5) is 18.9 Å². The van der Waals surface area contributed by atoms with E-state index in [0.29, 0.717) is 0 Å². The van der Waals surface area contributed by atoms with Gasteiger partial charge in [0.1, 0.15) is 6.61 Å². The van der Waals surface area contributed by atoms with Crippen LogP contribution in [0.25, 0.3) is 0 Å². The maximum atomic E-state index is 12.4. The largest absolute Gasteiger partial charge is 0.418 e. The van der Waals surface area contributed by atoms with Crippen molar-refractivity contribution in [2.75, 3.05) is 12.3 Å². The third-order valence-corrected chi connectivity index (χ3v) is 1.67. The van der Waals surface area contributed by atoms with Crippen molar-refractivity contribution in [3.63, 3.8) is 0 Å². The van der Waals surface area contributed by atoms with Gasteiger partial charge < -0.3 is 10.8 Å². The maximum Gasteiger partial charge on any atom is 0.418 e. The van der Waals surface area contributed by atoms with Gasteiger partial charge in [-0.3, -0.25) is 0 Å². The predicted molar refractivity (Wildman–Crippen MR) is 49.8 cm³/mol. The van der Waals surface area contributed by atoms with Crippen LogP contribution in [0.15, 0.2) is 18.2 Å². The van der Waals surface area contributed by atoms with Gasteiger partial charge in [-0.05, 0) is 18.2 Å². The molecule has 0 unspecified atom stereocenters. The van der Waals surface area contributed by atoms with Gasteiger partial charge in [0.15, 0.2) is 0 Å². The lowest BCUT2D eigenvalue weighted by molar-refractivity contribution is -0.136. The number of nitrogen functional groups attached to an aromatic ring is 1. The molecular formula is C10H8F3NO. The molecular weight excluding hydrogens is 207 g/mol. The quantitative estimate of drug-likeness (QED) is 0.510. The minimum absolute atomic E-state index is 0.172. The van der Waals surface area contributed by atoms with Gasteiger partial charge in [-0.15, -0.1) is 0 Å². The third kappa shape index (κ3) is 2.89. The summed E-state index contributed by atoms with van der Waals surface area (Å²) in [5.41, 5.74) is 4.11. The van der Waals surface area contributed by atoms with Crippen molar-refractivity contribution >= 4 is 5.69 Å². The van der Waals surface area contributed by atoms with E-state index in [4.69, 9.17) is 10.8 Å². The van der Waals surface area contributed by atoms with Crippen molar-refractivity contribution in [1.29, 1.82) is 0 Å². The zero-order chi connectivity index (χ0) is 11.5. The summed E-state index contributed by atoms with van der Waals surface area (Å²) in [5.74, 6) is 4.64. The van der Waals surface area contributed by atoms with Crippen molar-refractivity contribution in [3.8, 4) is 11.8 Å². The van der Waals surface area contributed by atoms with Crippen LogP contribution >= 0.6 is 0 Å². The van der Waals surface area contributed by atoms with E-state index in [1.54, 1.807) is 0 Å². The summed E-state index contributed by atoms with van der Waals surface area (Å²) in [6.45, 7) is -0.397. The average Bonchev–Trinajstić information content (AvgIpc) is 2.15. The highest BCUT2D eigenvalue weighted by atomic mass is 19.4. The van der Waals surface area contributed by atoms with E-state index in [0.717, 1.165) is 12.1 Å². The van der Waals surface area contributed by atoms with E-state index in [1.807, 2.05) is 0 Å². The first-order chi connectivity index (χ1) is 6.95. The van der Waals surface area contributed by atoms with Crippen molar-refractivity contribution in [2.45, 2.75) is 6.18 Å². The summed E-state index contributed by atoms with van der Waals surface area (Å²) >= 11 is 0. The molecule has 0 radical (unpaired) electrons. The van der Waals surface area contributed by atoms with E-state index in [2.05, 4.69) is 11.8 Å². The van der Waals surface area contributed by atoms with Gasteiger partial charge in [-0.2, -0.15) is 13.2 Å². The first-order valence-corrected chi connectivity index (χ1v) is 4.01. The molecule has 0 saturated heterocycles. The first kappa shape index (κ1) is 11.4. The molecule has 0 atom stereocenters. The number of anilines is 1. The van der Waals surface area contributed by atoms with Crippen LogP contribution in [0.3, 0.4) is 0 Å². The summed E-state index contributed by atoms with van der Waals surface area (Å²) in [6, 6.07) is 3.37. The smallest absolute Gasteiger partial charge is 0.398 e. The Morgan fingerprint density at radius 2 is 2.00 bits per heavy atom. The number of nitrogens with two attached hydrogens (primary N) is 1. The Balaban J connectivity index is 3.17. The summed E-state index contributed by atoms with van der Waals surface area (Å²) in [4.78, 5) is 0. The van der Waals surface area contributed by atoms with E-state index in [-0.39, 0.29) is 11.3 Å². The highest BCUT2D eigenvalue weighted by Gasteiger charge is 2.32. The van der Waals surface area contributed by atoms with Gasteiger partial charge >= 0.3 is 6.18 Å². The molecule has 0 spiro atoms. The molecule has 0 bridgehead atoms. The Labute approximate surface area is 84.5 Å². The second-order valence-corrected chi connectivity index (χ2v) is 2.76. The molecule has 15 heavy (non-hydrogen) atoms. The standard InChI is InChI=1S/C10H8F3NO/c11-10(12,13)8-6-7(2-1-5-15)3-4-9(8)14/h3-4,6,15H,5,14H2. The summed E-state index contributed by atoms with van der Waals surface area (Å²) in [6.07, 6.45) is -4.49. The number of benzene rings is 1. The molecule has 1 aromatic carbocycles. The highest BCUT2D eigenvalue weighted by molar-refractivity contribution is 5.53. The normalized spacial score (nSPS) is 10.7. The Kier molecular flexibility index (Phi) is 3.22. The molecule has 0 aliphatic carbocycles. The molecule has 0 aliphatic heterocycles. The minimum atomic E-state index is -4.49. The number of rotatable bonds is 0. The van der Waals surface area contributed by atoms with Gasteiger partial charge in [-0.25, -0.2) is 0 Å². The zero-order valence-corrected chi connectivity index (χ0v) is 7.60. The van der Waals surface area contributed by atoms with Gasteiger partial charge in [0.05, 0.1) is 5.56 Å². The Bertz CT molecular complexity index is 415. The van der Waals surface area contributed by atoms with Crippen LogP contribution in [0.2, 0.25) is 0 Å². The maximum absolute atomic E-state index is 12.4. The fraction of sp³-hybridized carbons (Fsp3) is 0.200. The fourth-order valence-electron chi connectivity index (χ4n) is 1.02. The second-order valence-electron chi connectivity index (χ2n) is 2.76. The Hall–Kier alpha value is -1.67. The van der Waals surface area contributed by atoms with Crippen LogP contribution in [0.5, 0.6) is 0 Å². The lowest BCUT2D eigenvalue weighted by Crippen LogP contribution is -2.09. The summed E-state index contributed by atoms with van der Waals surface area (Å²) in [5, 5.41) is 8.39. The Morgan fingerprint density at radius 1 is 1.33 bits per heavy atom. The number of aliphatic hydroxyl groups is 1. The van der Waals surface area contributed by atoms with Gasteiger partial charge in [0.2, 0.25) is 0 Å². The summed E-state index contributed by atoms with van der Waals surface area (Å²) in [7, 11) is 0. The third-order valence-electron chi connectivity index (χ3n) is 1.67. The summed E-state index contributed by atoms with van der Waals surface area (Å²) < 4.78 is 37.1. The highest BCUT2D eigenvalue weighted by Crippen LogP contribution is 2.33. The van der Waals surface area contributed by atoms with Crippen molar-refractivity contribution in [2.24, 2.45) is 0 Å². The number of hydrogen-bond acceptors (Lipinski definition) is 2. The zero-order valence-electron chi connectivity index (χ0n) is 7.60. The first-order valence-electron chi connectivity index (χ1n) is 4.01. The average molecular weight is 215 g/mol. The molecule has 80 valence electrons. The molecule has 3 N–H and O–H groups in total. The minimum Gasteiger partial charge on any atom is -0.398 e. The molecule has 0 saturated carbocycles. The predicted octanol–water partition coefficient (Wildman–Crippen LogP) is 1.63. The molecule has 0 aliphatic rings. The molecule has 0 fully saturated rings. The van der Waals surface area contributed by atoms with Gasteiger partial charge in [0, 0.05) is 11.3 Å². The molecule has 0 heterocycles. The van der Waals surface area contributed by atoms with Crippen molar-refractivity contribution < 1.29 is 18.3 Å². The molecule has 0 amide bonds. The van der Waals surface area contributed by atoms with Crippen LogP contribution < -0.4 is 5.73 Å². The van der Waals surface area contributed by atoms with E-state index in [9.17, 15) is 13.2 Å². The number of alkyl halides is 3. The Morgan fingerprint density at radius 3 is 2.53 bits per heavy atom. The molecule has 0 aromatic heterocycles. The van der Waals surface area contributed by atoms with Crippen molar-refractivity contribution in [1.82, 2.24) is 0 Å². The number of aliphatic hydroxyl groups excluding tert-OH is 1. The van der Waals surface area contributed by atoms with Crippen molar-refractivity contribution in [3.05, 3.63) is 29.3 Å². The number of halogens is 3. The lowest BCUT2D eigenvalue weighted by Gasteiger charge is -2.09. The van der Waals surface area contributed by atoms with E-state index < -0.39 is 18.3 Å². The van der Waals surface area contributed by atoms with E-state index >= 15 is 0 Å². The molecule has 1 rings (SSSR count). The number of hydrogen-bond donors (Lipinski definition) is 2. The van der Waals surface area contributed by atoms with E-state index in [1.165, 1.54) is 6.07 Å². The monoisotopic (exact) mass is 215 g/mol. The van der Waals surface area contributed by atoms with Crippen LogP contribution in [0, 0.1) is 11.8 Å². The lowest BCUT2D eigenvalue weighted by atomic mass is 10.1. The fourth-order valence-corrected chi connectivity index (χ4v) is 1.02. The van der Waals surface area contributed by atoms with Crippen LogP contribution in [-0.2, 0) is 6.18 Å². The topological polar surface area (TPSA) is 46.2 Å².